The molecule has 0 saturated carbocycles. The highest BCUT2D eigenvalue weighted by molar-refractivity contribution is 4.68. The van der Waals surface area contributed by atoms with Gasteiger partial charge < -0.3 is 29.2 Å². The number of ether oxygens (including phenoxy) is 1. The molecule has 0 aromatic rings. The Bertz CT molecular complexity index is 337. The number of likely N-dealkylation sites (tertiary alicyclic amines) is 2. The quantitative estimate of drug-likeness (QED) is 0.587. The summed E-state index contributed by atoms with van der Waals surface area (Å²) in [5.41, 5.74) is 0. The molecule has 180 valence electrons. The van der Waals surface area contributed by atoms with Crippen LogP contribution in [0.5, 0.6) is 0 Å². The number of likely N-dealkylation sites (N-methyl/N-ethyl adjacent to an activating group) is 3. The van der Waals surface area contributed by atoms with E-state index in [1.165, 1.54) is 71.6 Å². The molecule has 30 heavy (non-hydrogen) atoms. The van der Waals surface area contributed by atoms with Gasteiger partial charge in [0.2, 0.25) is 0 Å². The molecule has 0 aromatic heterocycles. The first-order valence-electron chi connectivity index (χ1n) is 12.3. The van der Waals surface area contributed by atoms with Crippen LogP contribution < -0.4 is 0 Å². The largest absolute Gasteiger partial charge is 0.379 e. The van der Waals surface area contributed by atoms with Gasteiger partial charge in [-0.1, -0.05) is 13.8 Å². The molecule has 0 aromatic carbocycles. The van der Waals surface area contributed by atoms with Gasteiger partial charge in [-0.15, -0.1) is 0 Å². The van der Waals surface area contributed by atoms with E-state index in [0.717, 1.165) is 38.1 Å². The Hall–Kier alpha value is -0.240. The maximum absolute atomic E-state index is 5.10. The van der Waals surface area contributed by atoms with E-state index in [2.05, 4.69) is 73.6 Å². The van der Waals surface area contributed by atoms with Crippen molar-refractivity contribution in [2.75, 3.05) is 114 Å². The number of hydrogen-bond donors (Lipinski definition) is 0. The zero-order valence-corrected chi connectivity index (χ0v) is 21.4. The van der Waals surface area contributed by atoms with E-state index in [-0.39, 0.29) is 0 Å². The van der Waals surface area contributed by atoms with E-state index >= 15 is 0 Å². The lowest BCUT2D eigenvalue weighted by molar-refractivity contribution is 0.0503. The molecule has 0 amide bonds. The highest BCUT2D eigenvalue weighted by Gasteiger charge is 2.13. The summed E-state index contributed by atoms with van der Waals surface area (Å²) in [7, 11) is 10.8. The third-order valence-electron chi connectivity index (χ3n) is 6.60. The molecule has 6 nitrogen and oxygen atoms in total. The van der Waals surface area contributed by atoms with Gasteiger partial charge in [-0.2, -0.15) is 0 Å². The zero-order valence-electron chi connectivity index (χ0n) is 21.4. The fourth-order valence-electron chi connectivity index (χ4n) is 3.85. The standard InChI is InChI=1S/C7H15N.C6H14N2.C6H13N.C5H11NO/c2*1-7-3-5-8(2)6-4-7;1-6-3-4-7(2)5-6;1-6-2-4-7-5-3-6/h7H,3-6H2,1-2H3;3-6H2,1-2H3;6H,3-5H2,1-2H3;2-5H2,1H3. The molecule has 0 bridgehead atoms. The van der Waals surface area contributed by atoms with E-state index < -0.39 is 0 Å². The molecule has 4 aliphatic heterocycles. The maximum atomic E-state index is 5.10. The van der Waals surface area contributed by atoms with Crippen LogP contribution in [0.25, 0.3) is 0 Å². The summed E-state index contributed by atoms with van der Waals surface area (Å²) in [6, 6.07) is 0. The minimum absolute atomic E-state index is 0.913. The molecular weight excluding hydrogens is 374 g/mol. The molecule has 1 unspecified atom stereocenters. The maximum Gasteiger partial charge on any atom is 0.0594 e. The van der Waals surface area contributed by atoms with Crippen LogP contribution in [0.3, 0.4) is 0 Å². The summed E-state index contributed by atoms with van der Waals surface area (Å²) in [5, 5.41) is 0. The summed E-state index contributed by atoms with van der Waals surface area (Å²) in [5.74, 6) is 1.93. The Kier molecular flexibility index (Phi) is 15.2. The van der Waals surface area contributed by atoms with Gasteiger partial charge in [0, 0.05) is 45.8 Å². The first kappa shape index (κ1) is 27.8. The van der Waals surface area contributed by atoms with Crippen molar-refractivity contribution in [2.24, 2.45) is 11.8 Å². The van der Waals surface area contributed by atoms with Gasteiger partial charge in [-0.3, -0.25) is 0 Å². The van der Waals surface area contributed by atoms with Gasteiger partial charge in [0.25, 0.3) is 0 Å². The number of piperidine rings is 1. The van der Waals surface area contributed by atoms with E-state index in [9.17, 15) is 0 Å². The van der Waals surface area contributed by atoms with E-state index in [1.807, 2.05) is 0 Å². The second-order valence-corrected chi connectivity index (χ2v) is 10.2. The van der Waals surface area contributed by atoms with Crippen LogP contribution in [-0.4, -0.2) is 138 Å². The molecule has 0 aliphatic carbocycles. The first-order valence-corrected chi connectivity index (χ1v) is 12.3. The third-order valence-corrected chi connectivity index (χ3v) is 6.60. The van der Waals surface area contributed by atoms with Crippen molar-refractivity contribution in [3.05, 3.63) is 0 Å². The second kappa shape index (κ2) is 16.4. The fourth-order valence-corrected chi connectivity index (χ4v) is 3.85. The van der Waals surface area contributed by atoms with Crippen LogP contribution >= 0.6 is 0 Å². The molecule has 0 spiro atoms. The summed E-state index contributed by atoms with van der Waals surface area (Å²) in [6.45, 7) is 18.8. The van der Waals surface area contributed by atoms with Gasteiger partial charge in [-0.25, -0.2) is 0 Å². The number of hydrogen-bond acceptors (Lipinski definition) is 6. The Morgan fingerprint density at radius 1 is 0.467 bits per heavy atom. The molecule has 0 radical (unpaired) electrons. The SMILES string of the molecule is CC1CCN(C)C1.CC1CCN(C)CC1.CN1CCN(C)CC1.CN1CCOCC1. The van der Waals surface area contributed by atoms with Crippen molar-refractivity contribution in [3.63, 3.8) is 0 Å². The average Bonchev–Trinajstić information content (AvgIpc) is 3.11. The van der Waals surface area contributed by atoms with Crippen LogP contribution in [0, 0.1) is 11.8 Å². The summed E-state index contributed by atoms with van der Waals surface area (Å²) < 4.78 is 5.10. The van der Waals surface area contributed by atoms with E-state index in [0.29, 0.717) is 0 Å². The van der Waals surface area contributed by atoms with Crippen LogP contribution in [0.4, 0.5) is 0 Å². The molecule has 0 N–H and O–H groups in total. The summed E-state index contributed by atoms with van der Waals surface area (Å²) in [4.78, 5) is 11.8. The Labute approximate surface area is 188 Å². The lowest BCUT2D eigenvalue weighted by Crippen LogP contribution is -2.42. The van der Waals surface area contributed by atoms with Gasteiger partial charge >= 0.3 is 0 Å². The van der Waals surface area contributed by atoms with E-state index in [1.54, 1.807) is 0 Å². The third kappa shape index (κ3) is 14.7. The summed E-state index contributed by atoms with van der Waals surface area (Å²) >= 11 is 0. The van der Waals surface area contributed by atoms with Gasteiger partial charge in [0.1, 0.15) is 0 Å². The normalized spacial score (nSPS) is 27.9. The van der Waals surface area contributed by atoms with Gasteiger partial charge in [0.15, 0.2) is 0 Å². The van der Waals surface area contributed by atoms with Crippen molar-refractivity contribution in [1.29, 1.82) is 0 Å². The highest BCUT2D eigenvalue weighted by Crippen LogP contribution is 2.13. The molecule has 1 atom stereocenters. The highest BCUT2D eigenvalue weighted by atomic mass is 16.5. The Morgan fingerprint density at radius 3 is 1.10 bits per heavy atom. The molecular formula is C24H53N5O. The lowest BCUT2D eigenvalue weighted by Gasteiger charge is -2.28. The summed E-state index contributed by atoms with van der Waals surface area (Å²) in [6.07, 6.45) is 4.20. The van der Waals surface area contributed by atoms with Crippen LogP contribution in [0.2, 0.25) is 0 Å². The molecule has 4 aliphatic rings. The second-order valence-electron chi connectivity index (χ2n) is 10.2. The van der Waals surface area contributed by atoms with Crippen LogP contribution in [0.1, 0.15) is 33.1 Å². The van der Waals surface area contributed by atoms with Crippen molar-refractivity contribution in [2.45, 2.75) is 33.1 Å². The molecule has 4 rings (SSSR count). The van der Waals surface area contributed by atoms with Crippen molar-refractivity contribution in [1.82, 2.24) is 24.5 Å². The first-order chi connectivity index (χ1) is 14.3. The predicted octanol–water partition coefficient (Wildman–Crippen LogP) is 2.12. The minimum atomic E-state index is 0.913. The number of piperazine rings is 1. The fraction of sp³-hybridized carbons (Fsp3) is 1.00. The van der Waals surface area contributed by atoms with Gasteiger partial charge in [-0.05, 0) is 86.0 Å². The topological polar surface area (TPSA) is 25.4 Å². The molecule has 4 heterocycles. The monoisotopic (exact) mass is 427 g/mol. The van der Waals surface area contributed by atoms with Crippen molar-refractivity contribution >= 4 is 0 Å². The molecule has 4 fully saturated rings. The Balaban J connectivity index is 0.000000200. The number of morpholine rings is 1. The number of nitrogens with zero attached hydrogens (tertiary/aromatic N) is 5. The average molecular weight is 428 g/mol. The lowest BCUT2D eigenvalue weighted by atomic mass is 10.00. The van der Waals surface area contributed by atoms with Crippen LogP contribution in [0.15, 0.2) is 0 Å². The van der Waals surface area contributed by atoms with Crippen molar-refractivity contribution < 1.29 is 4.74 Å². The minimum Gasteiger partial charge on any atom is -0.379 e. The van der Waals surface area contributed by atoms with E-state index in [4.69, 9.17) is 4.74 Å². The predicted molar refractivity (Wildman–Crippen MR) is 130 cm³/mol. The Morgan fingerprint density at radius 2 is 0.833 bits per heavy atom. The van der Waals surface area contributed by atoms with Crippen LogP contribution in [-0.2, 0) is 4.74 Å². The number of rotatable bonds is 0. The molecule has 6 heteroatoms. The van der Waals surface area contributed by atoms with Crippen molar-refractivity contribution in [3.8, 4) is 0 Å². The zero-order chi connectivity index (χ0) is 22.4. The van der Waals surface area contributed by atoms with Gasteiger partial charge in [0.05, 0.1) is 13.2 Å². The smallest absolute Gasteiger partial charge is 0.0594 e. The molecule has 4 saturated heterocycles.